The van der Waals surface area contributed by atoms with Gasteiger partial charge in [0.2, 0.25) is 5.96 Å². The SMILES string of the molecule is CC(C)=CCC/C(C)=C/CC/C(C)=N\N=C(N)N. The number of hydrogen-bond acceptors (Lipinski definition) is 2. The van der Waals surface area contributed by atoms with Gasteiger partial charge in [0.15, 0.2) is 0 Å². The van der Waals surface area contributed by atoms with Gasteiger partial charge in [-0.3, -0.25) is 0 Å². The van der Waals surface area contributed by atoms with E-state index in [1.807, 2.05) is 6.92 Å². The second-order valence-corrected chi connectivity index (χ2v) is 4.77. The molecule has 0 aliphatic rings. The van der Waals surface area contributed by atoms with Crippen molar-refractivity contribution < 1.29 is 0 Å². The lowest BCUT2D eigenvalue weighted by molar-refractivity contribution is 0.941. The van der Waals surface area contributed by atoms with Crippen molar-refractivity contribution in [2.75, 3.05) is 0 Å². The Kier molecular flexibility index (Phi) is 8.62. The molecule has 0 aliphatic heterocycles. The van der Waals surface area contributed by atoms with Gasteiger partial charge in [0.25, 0.3) is 0 Å². The van der Waals surface area contributed by atoms with Crippen molar-refractivity contribution in [3.05, 3.63) is 23.3 Å². The molecule has 0 aromatic heterocycles. The predicted octanol–water partition coefficient (Wildman–Crippen LogP) is 3.11. The molecular weight excluding hydrogens is 224 g/mol. The maximum atomic E-state index is 5.20. The van der Waals surface area contributed by atoms with E-state index >= 15 is 0 Å². The second kappa shape index (κ2) is 9.45. The maximum Gasteiger partial charge on any atom is 0.211 e. The number of hydrogen-bond donors (Lipinski definition) is 2. The van der Waals surface area contributed by atoms with E-state index in [9.17, 15) is 0 Å². The van der Waals surface area contributed by atoms with Gasteiger partial charge < -0.3 is 11.5 Å². The smallest absolute Gasteiger partial charge is 0.211 e. The highest BCUT2D eigenvalue weighted by molar-refractivity contribution is 5.83. The third-order valence-electron chi connectivity index (χ3n) is 2.43. The van der Waals surface area contributed by atoms with E-state index in [2.05, 4.69) is 43.1 Å². The number of guanidine groups is 1. The summed E-state index contributed by atoms with van der Waals surface area (Å²) in [5, 5.41) is 7.54. The van der Waals surface area contributed by atoms with Crippen LogP contribution >= 0.6 is 0 Å². The first kappa shape index (κ1) is 16.4. The van der Waals surface area contributed by atoms with E-state index in [0.717, 1.165) is 31.4 Å². The van der Waals surface area contributed by atoms with Crippen molar-refractivity contribution >= 4 is 11.7 Å². The molecule has 102 valence electrons. The van der Waals surface area contributed by atoms with E-state index in [1.54, 1.807) is 0 Å². The Morgan fingerprint density at radius 2 is 1.50 bits per heavy atom. The Labute approximate surface area is 111 Å². The van der Waals surface area contributed by atoms with Gasteiger partial charge in [0.1, 0.15) is 0 Å². The van der Waals surface area contributed by atoms with Crippen LogP contribution in [-0.4, -0.2) is 11.7 Å². The summed E-state index contributed by atoms with van der Waals surface area (Å²) in [4.78, 5) is 0. The fourth-order valence-electron chi connectivity index (χ4n) is 1.41. The molecule has 0 amide bonds. The molecule has 0 aromatic carbocycles. The highest BCUT2D eigenvalue weighted by Crippen LogP contribution is 2.08. The summed E-state index contributed by atoms with van der Waals surface area (Å²) in [5.41, 5.74) is 14.1. The first-order valence-corrected chi connectivity index (χ1v) is 6.33. The van der Waals surface area contributed by atoms with Gasteiger partial charge in [-0.05, 0) is 53.4 Å². The molecule has 4 N–H and O–H groups in total. The largest absolute Gasteiger partial charge is 0.369 e. The van der Waals surface area contributed by atoms with Gasteiger partial charge in [-0.1, -0.05) is 23.3 Å². The summed E-state index contributed by atoms with van der Waals surface area (Å²) >= 11 is 0. The zero-order valence-corrected chi connectivity index (χ0v) is 12.0. The molecular formula is C14H26N4. The molecule has 18 heavy (non-hydrogen) atoms. The van der Waals surface area contributed by atoms with Gasteiger partial charge in [0.05, 0.1) is 0 Å². The molecule has 4 nitrogen and oxygen atoms in total. The maximum absolute atomic E-state index is 5.20. The third kappa shape index (κ3) is 10.9. The van der Waals surface area contributed by atoms with Crippen LogP contribution in [0, 0.1) is 0 Å². The van der Waals surface area contributed by atoms with E-state index in [1.165, 1.54) is 11.1 Å². The van der Waals surface area contributed by atoms with E-state index in [0.29, 0.717) is 0 Å². The molecule has 0 heterocycles. The van der Waals surface area contributed by atoms with Crippen molar-refractivity contribution in [3.8, 4) is 0 Å². The van der Waals surface area contributed by atoms with Crippen molar-refractivity contribution in [1.82, 2.24) is 0 Å². The summed E-state index contributed by atoms with van der Waals surface area (Å²) in [6, 6.07) is 0. The van der Waals surface area contributed by atoms with Crippen LogP contribution in [-0.2, 0) is 0 Å². The monoisotopic (exact) mass is 250 g/mol. The van der Waals surface area contributed by atoms with E-state index < -0.39 is 0 Å². The van der Waals surface area contributed by atoms with Crippen molar-refractivity contribution in [2.24, 2.45) is 21.7 Å². The van der Waals surface area contributed by atoms with Crippen molar-refractivity contribution in [1.29, 1.82) is 0 Å². The van der Waals surface area contributed by atoms with E-state index in [4.69, 9.17) is 11.5 Å². The topological polar surface area (TPSA) is 76.8 Å². The van der Waals surface area contributed by atoms with Crippen LogP contribution in [0.5, 0.6) is 0 Å². The van der Waals surface area contributed by atoms with Gasteiger partial charge >= 0.3 is 0 Å². The van der Waals surface area contributed by atoms with Crippen LogP contribution in [0.15, 0.2) is 33.5 Å². The lowest BCUT2D eigenvalue weighted by Gasteiger charge is -1.99. The molecule has 0 bridgehead atoms. The summed E-state index contributed by atoms with van der Waals surface area (Å²) < 4.78 is 0. The van der Waals surface area contributed by atoms with Crippen LogP contribution in [0.3, 0.4) is 0 Å². The van der Waals surface area contributed by atoms with Gasteiger partial charge in [0, 0.05) is 5.71 Å². The molecule has 0 rings (SSSR count). The number of nitrogens with two attached hydrogens (primary N) is 2. The van der Waals surface area contributed by atoms with Gasteiger partial charge in [-0.15, -0.1) is 5.10 Å². The lowest BCUT2D eigenvalue weighted by atomic mass is 10.1. The standard InChI is InChI=1S/C14H26N4/c1-11(2)7-5-8-12(3)9-6-10-13(4)17-18-14(15)16/h7,9H,5-6,8,10H2,1-4H3,(H4,15,16,18)/b12-9+,17-13-. The summed E-state index contributed by atoms with van der Waals surface area (Å²) in [6.07, 6.45) is 8.63. The van der Waals surface area contributed by atoms with Gasteiger partial charge in [-0.2, -0.15) is 5.10 Å². The summed E-state index contributed by atoms with van der Waals surface area (Å²) in [6.45, 7) is 8.35. The molecule has 0 saturated carbocycles. The summed E-state index contributed by atoms with van der Waals surface area (Å²) in [7, 11) is 0. The molecule has 0 spiro atoms. The zero-order chi connectivity index (χ0) is 14.0. The quantitative estimate of drug-likeness (QED) is 0.315. The zero-order valence-electron chi connectivity index (χ0n) is 12.0. The van der Waals surface area contributed by atoms with Crippen LogP contribution in [0.4, 0.5) is 0 Å². The molecule has 4 heteroatoms. The minimum absolute atomic E-state index is 0.00259. The van der Waals surface area contributed by atoms with E-state index in [-0.39, 0.29) is 5.96 Å². The predicted molar refractivity (Wildman–Crippen MR) is 80.6 cm³/mol. The first-order valence-electron chi connectivity index (χ1n) is 6.33. The van der Waals surface area contributed by atoms with Crippen LogP contribution < -0.4 is 11.5 Å². The van der Waals surface area contributed by atoms with Crippen LogP contribution in [0.25, 0.3) is 0 Å². The lowest BCUT2D eigenvalue weighted by Crippen LogP contribution is -2.22. The van der Waals surface area contributed by atoms with Crippen molar-refractivity contribution in [2.45, 2.75) is 53.4 Å². The highest BCUT2D eigenvalue weighted by Gasteiger charge is 1.92. The Bertz CT molecular complexity index is 354. The van der Waals surface area contributed by atoms with Gasteiger partial charge in [-0.25, -0.2) is 0 Å². The Hall–Kier alpha value is -1.58. The first-order chi connectivity index (χ1) is 8.41. The highest BCUT2D eigenvalue weighted by atomic mass is 15.3. The van der Waals surface area contributed by atoms with Crippen LogP contribution in [0.2, 0.25) is 0 Å². The molecule has 0 radical (unpaired) electrons. The normalized spacial score (nSPS) is 12.2. The third-order valence-corrected chi connectivity index (χ3v) is 2.43. The number of rotatable bonds is 7. The molecule has 0 aromatic rings. The van der Waals surface area contributed by atoms with Crippen LogP contribution in [0.1, 0.15) is 53.4 Å². The molecule has 0 aliphatic carbocycles. The minimum Gasteiger partial charge on any atom is -0.369 e. The Morgan fingerprint density at radius 1 is 0.889 bits per heavy atom. The minimum atomic E-state index is 0.00259. The number of allylic oxidation sites excluding steroid dienone is 4. The molecule has 0 fully saturated rings. The molecule has 0 unspecified atom stereocenters. The fraction of sp³-hybridized carbons (Fsp3) is 0.571. The van der Waals surface area contributed by atoms with Crippen molar-refractivity contribution in [3.63, 3.8) is 0 Å². The average molecular weight is 250 g/mol. The molecule has 0 saturated heterocycles. The Balaban J connectivity index is 3.97. The Morgan fingerprint density at radius 3 is 2.06 bits per heavy atom. The molecule has 0 atom stereocenters. The fourth-order valence-corrected chi connectivity index (χ4v) is 1.41. The number of nitrogens with zero attached hydrogens (tertiary/aromatic N) is 2. The second-order valence-electron chi connectivity index (χ2n) is 4.77. The average Bonchev–Trinajstić information content (AvgIpc) is 2.25. The summed E-state index contributed by atoms with van der Waals surface area (Å²) in [5.74, 6) is 0.00259.